The number of nitrogens with zero attached hydrogens (tertiary/aromatic N) is 1. The third-order valence-corrected chi connectivity index (χ3v) is 3.90. The van der Waals surface area contributed by atoms with Crippen LogP contribution in [0.2, 0.25) is 0 Å². The lowest BCUT2D eigenvalue weighted by Crippen LogP contribution is -2.06. The van der Waals surface area contributed by atoms with Gasteiger partial charge in [-0.05, 0) is 55.1 Å². The molecular weight excluding hydrogens is 280 g/mol. The molecule has 4 heteroatoms. The van der Waals surface area contributed by atoms with Crippen LogP contribution in [0.3, 0.4) is 0 Å². The highest BCUT2D eigenvalue weighted by Crippen LogP contribution is 2.23. The molecule has 21 heavy (non-hydrogen) atoms. The molecule has 0 saturated carbocycles. The minimum absolute atomic E-state index is 0.0744. The fraction of sp³-hybridized carbons (Fsp3) is 0.235. The van der Waals surface area contributed by atoms with Gasteiger partial charge in [0.05, 0.1) is 0 Å². The van der Waals surface area contributed by atoms with E-state index >= 15 is 0 Å². The summed E-state index contributed by atoms with van der Waals surface area (Å²) in [6, 6.07) is 18.4. The number of benzene rings is 2. The van der Waals surface area contributed by atoms with Gasteiger partial charge < -0.3 is 10.1 Å². The lowest BCUT2D eigenvalue weighted by Gasteiger charge is -2.16. The van der Waals surface area contributed by atoms with Crippen molar-refractivity contribution in [3.63, 3.8) is 0 Å². The first-order chi connectivity index (χ1) is 10.2. The third-order valence-electron chi connectivity index (χ3n) is 3.16. The van der Waals surface area contributed by atoms with E-state index in [1.165, 1.54) is 10.5 Å². The number of thioether (sulfide) groups is 1. The standard InChI is InChI=1S/C17H18N2OS/c1-13(14-3-9-17(21-2)10-4-14)19-15-5-7-16(8-6-15)20-12-11-18/h3-10,13,19H,12H2,1-2H3. The van der Waals surface area contributed by atoms with Crippen LogP contribution in [0.15, 0.2) is 53.4 Å². The summed E-state index contributed by atoms with van der Waals surface area (Å²) in [6.07, 6.45) is 2.08. The lowest BCUT2D eigenvalue weighted by atomic mass is 10.1. The number of ether oxygens (including phenoxy) is 1. The molecule has 0 heterocycles. The molecule has 0 aromatic heterocycles. The van der Waals surface area contributed by atoms with Crippen LogP contribution in [0, 0.1) is 11.3 Å². The van der Waals surface area contributed by atoms with Gasteiger partial charge in [0.1, 0.15) is 11.8 Å². The van der Waals surface area contributed by atoms with E-state index in [1.54, 1.807) is 11.8 Å². The van der Waals surface area contributed by atoms with Crippen LogP contribution in [0.25, 0.3) is 0 Å². The van der Waals surface area contributed by atoms with Gasteiger partial charge in [-0.15, -0.1) is 11.8 Å². The van der Waals surface area contributed by atoms with Crippen molar-refractivity contribution in [1.29, 1.82) is 5.26 Å². The van der Waals surface area contributed by atoms with Crippen LogP contribution in [0.4, 0.5) is 5.69 Å². The Morgan fingerprint density at radius 3 is 2.38 bits per heavy atom. The molecule has 0 bridgehead atoms. The van der Waals surface area contributed by atoms with Crippen molar-refractivity contribution in [2.75, 3.05) is 18.2 Å². The average molecular weight is 298 g/mol. The van der Waals surface area contributed by atoms with E-state index in [0.29, 0.717) is 5.75 Å². The van der Waals surface area contributed by atoms with Crippen molar-refractivity contribution in [2.24, 2.45) is 0 Å². The topological polar surface area (TPSA) is 45.0 Å². The van der Waals surface area contributed by atoms with Gasteiger partial charge in [-0.2, -0.15) is 5.26 Å². The molecule has 3 nitrogen and oxygen atoms in total. The first kappa shape index (κ1) is 15.3. The van der Waals surface area contributed by atoms with Crippen molar-refractivity contribution >= 4 is 17.4 Å². The van der Waals surface area contributed by atoms with Crippen molar-refractivity contribution in [1.82, 2.24) is 0 Å². The van der Waals surface area contributed by atoms with E-state index < -0.39 is 0 Å². The van der Waals surface area contributed by atoms with Gasteiger partial charge in [0.15, 0.2) is 6.61 Å². The smallest absolute Gasteiger partial charge is 0.174 e. The van der Waals surface area contributed by atoms with E-state index in [4.69, 9.17) is 10.00 Å². The SMILES string of the molecule is CSc1ccc(C(C)Nc2ccc(OCC#N)cc2)cc1. The predicted molar refractivity (Wildman–Crippen MR) is 87.8 cm³/mol. The highest BCUT2D eigenvalue weighted by atomic mass is 32.2. The van der Waals surface area contributed by atoms with E-state index in [-0.39, 0.29) is 12.6 Å². The predicted octanol–water partition coefficient (Wildman–Crippen LogP) is 4.48. The van der Waals surface area contributed by atoms with Crippen molar-refractivity contribution in [3.8, 4) is 11.8 Å². The highest BCUT2D eigenvalue weighted by molar-refractivity contribution is 7.98. The second-order valence-electron chi connectivity index (χ2n) is 4.61. The Morgan fingerprint density at radius 2 is 1.81 bits per heavy atom. The molecule has 0 fully saturated rings. The zero-order valence-electron chi connectivity index (χ0n) is 12.2. The van der Waals surface area contributed by atoms with Crippen molar-refractivity contribution < 1.29 is 4.74 Å². The molecule has 0 spiro atoms. The van der Waals surface area contributed by atoms with Gasteiger partial charge in [-0.25, -0.2) is 0 Å². The van der Waals surface area contributed by atoms with Gasteiger partial charge in [0.25, 0.3) is 0 Å². The molecule has 0 amide bonds. The van der Waals surface area contributed by atoms with Gasteiger partial charge in [0.2, 0.25) is 0 Å². The molecule has 1 N–H and O–H groups in total. The quantitative estimate of drug-likeness (QED) is 0.798. The summed E-state index contributed by atoms with van der Waals surface area (Å²) >= 11 is 1.74. The molecular formula is C17H18N2OS. The van der Waals surface area contributed by atoms with Gasteiger partial charge in [-0.3, -0.25) is 0 Å². The van der Waals surface area contributed by atoms with E-state index in [1.807, 2.05) is 30.3 Å². The molecule has 1 unspecified atom stereocenters. The van der Waals surface area contributed by atoms with Crippen molar-refractivity contribution in [2.45, 2.75) is 17.9 Å². The van der Waals surface area contributed by atoms with Crippen molar-refractivity contribution in [3.05, 3.63) is 54.1 Å². The Kier molecular flexibility index (Phi) is 5.53. The first-order valence-electron chi connectivity index (χ1n) is 6.73. The zero-order valence-corrected chi connectivity index (χ0v) is 13.0. The van der Waals surface area contributed by atoms with Crippen LogP contribution in [0.5, 0.6) is 5.75 Å². The second-order valence-corrected chi connectivity index (χ2v) is 5.49. The minimum Gasteiger partial charge on any atom is -0.479 e. The van der Waals surface area contributed by atoms with Crippen LogP contribution >= 0.6 is 11.8 Å². The summed E-state index contributed by atoms with van der Waals surface area (Å²) in [4.78, 5) is 1.27. The summed E-state index contributed by atoms with van der Waals surface area (Å²) in [5, 5.41) is 11.9. The lowest BCUT2D eigenvalue weighted by molar-refractivity contribution is 0.368. The minimum atomic E-state index is 0.0744. The fourth-order valence-electron chi connectivity index (χ4n) is 1.99. The number of rotatable bonds is 6. The third kappa shape index (κ3) is 4.44. The van der Waals surface area contributed by atoms with Crippen LogP contribution in [-0.2, 0) is 0 Å². The van der Waals surface area contributed by atoms with E-state index in [2.05, 4.69) is 42.8 Å². The number of hydrogen-bond donors (Lipinski definition) is 1. The number of nitriles is 1. The molecule has 0 aliphatic carbocycles. The normalized spacial score (nSPS) is 11.5. The molecule has 2 rings (SSSR count). The van der Waals surface area contributed by atoms with Crippen LogP contribution in [-0.4, -0.2) is 12.9 Å². The highest BCUT2D eigenvalue weighted by Gasteiger charge is 2.05. The Morgan fingerprint density at radius 1 is 1.14 bits per heavy atom. The average Bonchev–Trinajstić information content (AvgIpc) is 2.54. The maximum absolute atomic E-state index is 8.48. The molecule has 1 atom stereocenters. The largest absolute Gasteiger partial charge is 0.479 e. The summed E-state index contributed by atoms with van der Waals surface area (Å²) in [5.74, 6) is 0.707. The van der Waals surface area contributed by atoms with Crippen LogP contribution in [0.1, 0.15) is 18.5 Å². The zero-order chi connectivity index (χ0) is 15.1. The molecule has 0 saturated heterocycles. The molecule has 0 aliphatic rings. The summed E-state index contributed by atoms with van der Waals surface area (Å²) < 4.78 is 5.23. The van der Waals surface area contributed by atoms with E-state index in [0.717, 1.165) is 5.69 Å². The van der Waals surface area contributed by atoms with Crippen LogP contribution < -0.4 is 10.1 Å². The summed E-state index contributed by atoms with van der Waals surface area (Å²) in [5.41, 5.74) is 2.28. The summed E-state index contributed by atoms with van der Waals surface area (Å²) in [6.45, 7) is 2.21. The maximum Gasteiger partial charge on any atom is 0.174 e. The molecule has 0 radical (unpaired) electrons. The van der Waals surface area contributed by atoms with Gasteiger partial charge in [-0.1, -0.05) is 12.1 Å². The van der Waals surface area contributed by atoms with Gasteiger partial charge in [0, 0.05) is 16.6 Å². The fourth-order valence-corrected chi connectivity index (χ4v) is 2.40. The summed E-state index contributed by atoms with van der Waals surface area (Å²) in [7, 11) is 0. The Bertz CT molecular complexity index is 602. The Labute approximate surface area is 129 Å². The maximum atomic E-state index is 8.48. The Hall–Kier alpha value is -2.12. The monoisotopic (exact) mass is 298 g/mol. The molecule has 2 aromatic carbocycles. The molecule has 2 aromatic rings. The van der Waals surface area contributed by atoms with Gasteiger partial charge >= 0.3 is 0 Å². The number of hydrogen-bond acceptors (Lipinski definition) is 4. The van der Waals surface area contributed by atoms with E-state index in [9.17, 15) is 0 Å². The molecule has 0 aliphatic heterocycles. The number of nitrogens with one attached hydrogen (secondary N) is 1. The first-order valence-corrected chi connectivity index (χ1v) is 7.95. The Balaban J connectivity index is 1.98. The second kappa shape index (κ2) is 7.61. The molecule has 108 valence electrons. The number of anilines is 1.